The predicted molar refractivity (Wildman–Crippen MR) is 117 cm³/mol. The molecule has 3 heterocycles. The molecule has 1 aromatic carbocycles. The summed E-state index contributed by atoms with van der Waals surface area (Å²) in [4.78, 5) is 33.2. The van der Waals surface area contributed by atoms with Gasteiger partial charge in [-0.25, -0.2) is 4.98 Å². The first-order chi connectivity index (χ1) is 14.4. The summed E-state index contributed by atoms with van der Waals surface area (Å²) in [6, 6.07) is 10.8. The van der Waals surface area contributed by atoms with Gasteiger partial charge >= 0.3 is 0 Å². The van der Waals surface area contributed by atoms with Crippen LogP contribution in [0.2, 0.25) is 0 Å². The molecule has 0 N–H and O–H groups in total. The lowest BCUT2D eigenvalue weighted by molar-refractivity contribution is -0.131. The van der Waals surface area contributed by atoms with Gasteiger partial charge in [0.2, 0.25) is 0 Å². The maximum absolute atomic E-state index is 13.6. The molecule has 0 bridgehead atoms. The number of aromatic nitrogens is 1. The molecule has 5 nitrogen and oxygen atoms in total. The third kappa shape index (κ3) is 3.17. The van der Waals surface area contributed by atoms with Crippen LogP contribution in [0.1, 0.15) is 36.4 Å². The molecule has 5 rings (SSSR count). The predicted octanol–water partition coefficient (Wildman–Crippen LogP) is 4.87. The number of ketones is 1. The zero-order chi connectivity index (χ0) is 21.0. The van der Waals surface area contributed by atoms with Crippen molar-refractivity contribution in [1.82, 2.24) is 4.98 Å². The van der Waals surface area contributed by atoms with E-state index < -0.39 is 6.04 Å². The van der Waals surface area contributed by atoms with Crippen molar-refractivity contribution >= 4 is 45.0 Å². The third-order valence-electron chi connectivity index (χ3n) is 6.10. The number of hydrogen-bond acceptors (Lipinski definition) is 4. The van der Waals surface area contributed by atoms with E-state index in [1.54, 1.807) is 11.1 Å². The highest BCUT2D eigenvalue weighted by molar-refractivity contribution is 9.10. The zero-order valence-electron chi connectivity index (χ0n) is 16.3. The average molecular weight is 488 g/mol. The molecular weight excluding hydrogens is 468 g/mol. The van der Waals surface area contributed by atoms with Crippen LogP contribution < -0.4 is 4.90 Å². The molecule has 3 aliphatic rings. The van der Waals surface area contributed by atoms with E-state index in [1.807, 2.05) is 43.3 Å². The monoisotopic (exact) mass is 486 g/mol. The zero-order valence-corrected chi connectivity index (χ0v) is 18.7. The van der Waals surface area contributed by atoms with Gasteiger partial charge in [0, 0.05) is 16.0 Å². The Kier molecular flexibility index (Phi) is 4.94. The van der Waals surface area contributed by atoms with Crippen LogP contribution in [-0.2, 0) is 14.3 Å². The maximum atomic E-state index is 13.6. The summed E-state index contributed by atoms with van der Waals surface area (Å²) in [5.74, 6) is 0.0253. The minimum Gasteiger partial charge on any atom is -0.483 e. The Hall–Kier alpha value is -2.18. The lowest BCUT2D eigenvalue weighted by Gasteiger charge is -2.37. The van der Waals surface area contributed by atoms with Crippen molar-refractivity contribution in [2.75, 3.05) is 4.90 Å². The van der Waals surface area contributed by atoms with Crippen molar-refractivity contribution in [3.8, 4) is 0 Å². The number of rotatable bonds is 2. The van der Waals surface area contributed by atoms with Crippen molar-refractivity contribution in [3.05, 3.63) is 69.5 Å². The molecule has 154 valence electrons. The second kappa shape index (κ2) is 7.50. The molecule has 0 radical (unpaired) electrons. The second-order valence-corrected chi connectivity index (χ2v) is 9.64. The number of amides is 1. The minimum absolute atomic E-state index is 0.0277. The van der Waals surface area contributed by atoms with Crippen LogP contribution in [-0.4, -0.2) is 28.2 Å². The highest BCUT2D eigenvalue weighted by Gasteiger charge is 2.53. The van der Waals surface area contributed by atoms with Crippen molar-refractivity contribution < 1.29 is 14.3 Å². The largest absolute Gasteiger partial charge is 0.483 e. The highest BCUT2D eigenvalue weighted by Crippen LogP contribution is 2.48. The second-order valence-electron chi connectivity index (χ2n) is 8.10. The molecule has 0 spiro atoms. The van der Waals surface area contributed by atoms with Crippen LogP contribution in [0.3, 0.4) is 0 Å². The fraction of sp³-hybridized carbons (Fsp3) is 0.348. The summed E-state index contributed by atoms with van der Waals surface area (Å²) in [7, 11) is 0. The molecule has 1 fully saturated rings. The van der Waals surface area contributed by atoms with Crippen molar-refractivity contribution in [2.24, 2.45) is 5.92 Å². The number of halogens is 2. The Morgan fingerprint density at radius 1 is 1.20 bits per heavy atom. The standard InChI is InChI=1S/C23H20BrClN2O3/c1-12-7-8-26-18(9-12)27-20(13-3-2-4-14(24)10-13)19-21(28)16-11-15(25)5-6-17(16)30-22(19)23(27)29/h2-4,7-10,15-17,20H,5-6,11H2,1H3. The van der Waals surface area contributed by atoms with Gasteiger partial charge in [-0.05, 0) is 61.6 Å². The summed E-state index contributed by atoms with van der Waals surface area (Å²) in [6.07, 6.45) is 3.42. The summed E-state index contributed by atoms with van der Waals surface area (Å²) in [5, 5.41) is -0.0445. The van der Waals surface area contributed by atoms with Gasteiger partial charge in [-0.2, -0.15) is 0 Å². The number of alkyl halides is 1. The SMILES string of the molecule is Cc1ccnc(N2C(=O)C3=C(C(=O)C4CC(Cl)CCC4O3)C2c2cccc(Br)c2)c1. The molecule has 4 atom stereocenters. The number of benzene rings is 1. The Labute approximate surface area is 188 Å². The van der Waals surface area contributed by atoms with Crippen LogP contribution in [0.15, 0.2) is 58.4 Å². The van der Waals surface area contributed by atoms with E-state index in [1.165, 1.54) is 0 Å². The Balaban J connectivity index is 1.66. The number of hydrogen-bond donors (Lipinski definition) is 0. The number of Topliss-reactive ketones (excluding diaryl/α,β-unsaturated/α-hetero) is 1. The van der Waals surface area contributed by atoms with Crippen LogP contribution in [0, 0.1) is 12.8 Å². The molecule has 2 aromatic rings. The normalized spacial score (nSPS) is 28.3. The van der Waals surface area contributed by atoms with Gasteiger partial charge in [-0.1, -0.05) is 28.1 Å². The molecule has 7 heteroatoms. The first-order valence-electron chi connectivity index (χ1n) is 10.0. The molecule has 0 saturated heterocycles. The molecule has 1 amide bonds. The first-order valence-corrected chi connectivity index (χ1v) is 11.3. The van der Waals surface area contributed by atoms with E-state index in [-0.39, 0.29) is 34.8 Å². The van der Waals surface area contributed by atoms with Gasteiger partial charge in [0.1, 0.15) is 11.9 Å². The summed E-state index contributed by atoms with van der Waals surface area (Å²) < 4.78 is 7.05. The lowest BCUT2D eigenvalue weighted by atomic mass is 9.77. The summed E-state index contributed by atoms with van der Waals surface area (Å²) in [5.41, 5.74) is 2.24. The number of anilines is 1. The van der Waals surface area contributed by atoms with Gasteiger partial charge in [-0.15, -0.1) is 11.6 Å². The van der Waals surface area contributed by atoms with E-state index >= 15 is 0 Å². The molecule has 2 aliphatic heterocycles. The van der Waals surface area contributed by atoms with E-state index in [4.69, 9.17) is 16.3 Å². The van der Waals surface area contributed by atoms with Crippen molar-refractivity contribution in [1.29, 1.82) is 0 Å². The number of pyridine rings is 1. The Bertz CT molecular complexity index is 1090. The van der Waals surface area contributed by atoms with Gasteiger partial charge in [0.25, 0.3) is 5.91 Å². The average Bonchev–Trinajstić information content (AvgIpc) is 3.01. The fourth-order valence-corrected chi connectivity index (χ4v) is 5.43. The van der Waals surface area contributed by atoms with Crippen LogP contribution >= 0.6 is 27.5 Å². The van der Waals surface area contributed by atoms with Crippen LogP contribution in [0.5, 0.6) is 0 Å². The molecule has 4 unspecified atom stereocenters. The number of aryl methyl sites for hydroxylation is 1. The number of carbonyl (C=O) groups excluding carboxylic acids is 2. The quantitative estimate of drug-likeness (QED) is 0.567. The third-order valence-corrected chi connectivity index (χ3v) is 6.99. The van der Waals surface area contributed by atoms with E-state index in [2.05, 4.69) is 20.9 Å². The smallest absolute Gasteiger partial charge is 0.295 e. The molecule has 1 aromatic heterocycles. The van der Waals surface area contributed by atoms with Gasteiger partial charge < -0.3 is 4.74 Å². The first kappa shape index (κ1) is 19.8. The van der Waals surface area contributed by atoms with E-state index in [9.17, 15) is 9.59 Å². The van der Waals surface area contributed by atoms with E-state index in [0.29, 0.717) is 24.2 Å². The Morgan fingerprint density at radius 3 is 2.80 bits per heavy atom. The number of carbonyl (C=O) groups is 2. The van der Waals surface area contributed by atoms with Gasteiger partial charge in [0.05, 0.1) is 17.5 Å². The van der Waals surface area contributed by atoms with Crippen molar-refractivity contribution in [2.45, 2.75) is 43.7 Å². The van der Waals surface area contributed by atoms with Crippen LogP contribution in [0.25, 0.3) is 0 Å². The van der Waals surface area contributed by atoms with Crippen LogP contribution in [0.4, 0.5) is 5.82 Å². The number of ether oxygens (including phenoxy) is 1. The number of fused-ring (bicyclic) bond motifs is 1. The minimum atomic E-state index is -0.580. The van der Waals surface area contributed by atoms with Crippen molar-refractivity contribution in [3.63, 3.8) is 0 Å². The van der Waals surface area contributed by atoms with Gasteiger partial charge in [0.15, 0.2) is 11.5 Å². The molecule has 30 heavy (non-hydrogen) atoms. The fourth-order valence-electron chi connectivity index (χ4n) is 4.70. The molecular formula is C23H20BrClN2O3. The summed E-state index contributed by atoms with van der Waals surface area (Å²) >= 11 is 9.88. The Morgan fingerprint density at radius 2 is 2.03 bits per heavy atom. The van der Waals surface area contributed by atoms with Gasteiger partial charge in [-0.3, -0.25) is 14.5 Å². The number of nitrogens with zero attached hydrogens (tertiary/aromatic N) is 2. The molecule has 1 aliphatic carbocycles. The van der Waals surface area contributed by atoms with E-state index in [0.717, 1.165) is 22.0 Å². The summed E-state index contributed by atoms with van der Waals surface area (Å²) in [6.45, 7) is 1.95. The lowest BCUT2D eigenvalue weighted by Crippen LogP contribution is -2.41. The highest BCUT2D eigenvalue weighted by atomic mass is 79.9. The molecule has 1 saturated carbocycles. The topological polar surface area (TPSA) is 59.5 Å². The maximum Gasteiger partial charge on any atom is 0.295 e.